The van der Waals surface area contributed by atoms with Gasteiger partial charge in [-0.3, -0.25) is 0 Å². The van der Waals surface area contributed by atoms with E-state index in [1.807, 2.05) is 20.8 Å². The topological polar surface area (TPSA) is 24.9 Å². The number of thiazole rings is 1. The minimum atomic E-state index is -4.34. The Kier molecular flexibility index (Phi) is 3.40. The fourth-order valence-electron chi connectivity index (χ4n) is 1.22. The second-order valence-corrected chi connectivity index (χ2v) is 4.55. The largest absolute Gasteiger partial charge is 0.443 e. The molecule has 0 aliphatic heterocycles. The van der Waals surface area contributed by atoms with Gasteiger partial charge < -0.3 is 5.32 Å². The minimum Gasteiger partial charge on any atom is -0.307 e. The lowest BCUT2D eigenvalue weighted by molar-refractivity contribution is -0.137. The van der Waals surface area contributed by atoms with Crippen molar-refractivity contribution in [3.63, 3.8) is 0 Å². The van der Waals surface area contributed by atoms with Crippen LogP contribution >= 0.6 is 11.3 Å². The van der Waals surface area contributed by atoms with E-state index in [0.717, 1.165) is 0 Å². The summed E-state index contributed by atoms with van der Waals surface area (Å²) in [6.45, 7) is 6.21. The van der Waals surface area contributed by atoms with E-state index in [2.05, 4.69) is 10.3 Å². The van der Waals surface area contributed by atoms with Gasteiger partial charge in [0.1, 0.15) is 0 Å². The van der Waals surface area contributed by atoms with Crippen LogP contribution in [0.25, 0.3) is 0 Å². The molecule has 0 radical (unpaired) electrons. The number of halogens is 3. The second-order valence-electron chi connectivity index (χ2n) is 3.69. The smallest absolute Gasteiger partial charge is 0.307 e. The van der Waals surface area contributed by atoms with Gasteiger partial charge in [-0.2, -0.15) is 13.2 Å². The van der Waals surface area contributed by atoms with E-state index in [4.69, 9.17) is 0 Å². The highest BCUT2D eigenvalue weighted by Gasteiger charge is 2.36. The Hall–Kier alpha value is -0.620. The van der Waals surface area contributed by atoms with Crippen molar-refractivity contribution >= 4 is 11.3 Å². The van der Waals surface area contributed by atoms with Gasteiger partial charge in [0.05, 0.1) is 11.2 Å². The molecule has 6 heteroatoms. The van der Waals surface area contributed by atoms with Gasteiger partial charge in [-0.15, -0.1) is 11.3 Å². The van der Waals surface area contributed by atoms with E-state index < -0.39 is 16.7 Å². The third-order valence-corrected chi connectivity index (χ3v) is 2.89. The molecule has 0 spiro atoms. The average Bonchev–Trinajstić information content (AvgIpc) is 2.50. The Morgan fingerprint density at radius 3 is 2.40 bits per heavy atom. The van der Waals surface area contributed by atoms with Gasteiger partial charge in [0, 0.05) is 5.38 Å². The Morgan fingerprint density at radius 1 is 1.40 bits per heavy atom. The normalized spacial score (nSPS) is 13.2. The van der Waals surface area contributed by atoms with Crippen LogP contribution in [-0.2, 0) is 11.7 Å². The molecule has 0 aliphatic rings. The molecular weight excluding hydrogens is 225 g/mol. The summed E-state index contributed by atoms with van der Waals surface area (Å²) in [6, 6.07) is 0. The molecule has 0 aliphatic carbocycles. The van der Waals surface area contributed by atoms with Gasteiger partial charge in [0.15, 0.2) is 5.01 Å². The van der Waals surface area contributed by atoms with Crippen LogP contribution < -0.4 is 5.32 Å². The molecule has 0 saturated carbocycles. The molecule has 1 aromatic rings. The first-order chi connectivity index (χ1) is 6.77. The average molecular weight is 238 g/mol. The summed E-state index contributed by atoms with van der Waals surface area (Å²) >= 11 is 0.633. The lowest BCUT2D eigenvalue weighted by Gasteiger charge is -2.23. The lowest BCUT2D eigenvalue weighted by Crippen LogP contribution is -2.36. The van der Waals surface area contributed by atoms with Gasteiger partial charge in [0.25, 0.3) is 0 Å². The summed E-state index contributed by atoms with van der Waals surface area (Å²) < 4.78 is 36.9. The zero-order valence-corrected chi connectivity index (χ0v) is 9.59. The monoisotopic (exact) mass is 238 g/mol. The summed E-state index contributed by atoms with van der Waals surface area (Å²) in [5, 5.41) is 3.74. The highest BCUT2D eigenvalue weighted by molar-refractivity contribution is 7.09. The molecule has 1 heterocycles. The van der Waals surface area contributed by atoms with Gasteiger partial charge in [-0.25, -0.2) is 4.98 Å². The Balaban J connectivity index is 2.94. The number of nitrogens with one attached hydrogen (secondary N) is 1. The standard InChI is InChI=1S/C9H13F3N2S/c1-4-13-8(2,3)6-5-15-7(14-6)9(10,11)12/h5,13H,4H2,1-3H3. The maximum atomic E-state index is 12.3. The van der Waals surface area contributed by atoms with Gasteiger partial charge in [-0.05, 0) is 20.4 Å². The molecule has 1 N–H and O–H groups in total. The summed E-state index contributed by atoms with van der Waals surface area (Å²) in [4.78, 5) is 3.60. The van der Waals surface area contributed by atoms with Crippen LogP contribution in [0, 0.1) is 0 Å². The van der Waals surface area contributed by atoms with E-state index >= 15 is 0 Å². The summed E-state index contributed by atoms with van der Waals surface area (Å²) in [6.07, 6.45) is -4.34. The maximum absolute atomic E-state index is 12.3. The third-order valence-electron chi connectivity index (χ3n) is 2.01. The van der Waals surface area contributed by atoms with E-state index in [9.17, 15) is 13.2 Å². The van der Waals surface area contributed by atoms with Crippen molar-refractivity contribution in [2.45, 2.75) is 32.5 Å². The number of aromatic nitrogens is 1. The predicted octanol–water partition coefficient (Wildman–Crippen LogP) is 3.01. The first-order valence-electron chi connectivity index (χ1n) is 4.55. The summed E-state index contributed by atoms with van der Waals surface area (Å²) in [5.74, 6) is 0. The Labute approximate surface area is 90.5 Å². The summed E-state index contributed by atoms with van der Waals surface area (Å²) in [5.41, 5.74) is -0.0870. The molecule has 86 valence electrons. The van der Waals surface area contributed by atoms with Crippen LogP contribution in [0.4, 0.5) is 13.2 Å². The third kappa shape index (κ3) is 2.92. The highest BCUT2D eigenvalue weighted by atomic mass is 32.1. The van der Waals surface area contributed by atoms with Crippen LogP contribution in [0.15, 0.2) is 5.38 Å². The molecule has 0 saturated heterocycles. The Bertz CT molecular complexity index is 330. The molecule has 1 aromatic heterocycles. The van der Waals surface area contributed by atoms with Crippen LogP contribution in [0.3, 0.4) is 0 Å². The SMILES string of the molecule is CCNC(C)(C)c1csc(C(F)(F)F)n1. The van der Waals surface area contributed by atoms with E-state index in [-0.39, 0.29) is 0 Å². The van der Waals surface area contributed by atoms with Crippen LogP contribution in [0.1, 0.15) is 31.5 Å². The second kappa shape index (κ2) is 4.09. The quantitative estimate of drug-likeness (QED) is 0.875. The number of hydrogen-bond donors (Lipinski definition) is 1. The first kappa shape index (κ1) is 12.4. The fourth-order valence-corrected chi connectivity index (χ4v) is 2.08. The van der Waals surface area contributed by atoms with Gasteiger partial charge in [-0.1, -0.05) is 6.92 Å². The molecule has 0 bridgehead atoms. The maximum Gasteiger partial charge on any atom is 0.443 e. The number of nitrogens with zero attached hydrogens (tertiary/aromatic N) is 1. The predicted molar refractivity (Wildman–Crippen MR) is 53.8 cm³/mol. The highest BCUT2D eigenvalue weighted by Crippen LogP contribution is 2.33. The molecule has 2 nitrogen and oxygen atoms in total. The molecule has 0 aromatic carbocycles. The minimum absolute atomic E-state index is 0.432. The molecule has 0 atom stereocenters. The van der Waals surface area contributed by atoms with Crippen molar-refractivity contribution in [1.29, 1.82) is 0 Å². The zero-order chi connectivity index (χ0) is 11.7. The van der Waals surface area contributed by atoms with Crippen LogP contribution in [-0.4, -0.2) is 11.5 Å². The van der Waals surface area contributed by atoms with Gasteiger partial charge >= 0.3 is 6.18 Å². The zero-order valence-electron chi connectivity index (χ0n) is 8.77. The summed E-state index contributed by atoms with van der Waals surface area (Å²) in [7, 11) is 0. The molecule has 0 unspecified atom stereocenters. The molecule has 1 rings (SSSR count). The molecule has 0 fully saturated rings. The molecule has 0 amide bonds. The Morgan fingerprint density at radius 2 is 2.00 bits per heavy atom. The van der Waals surface area contributed by atoms with Crippen molar-refractivity contribution in [2.24, 2.45) is 0 Å². The van der Waals surface area contributed by atoms with Crippen LogP contribution in [0.5, 0.6) is 0 Å². The number of alkyl halides is 3. The molecule has 15 heavy (non-hydrogen) atoms. The van der Waals surface area contributed by atoms with E-state index in [0.29, 0.717) is 23.6 Å². The number of rotatable bonds is 3. The van der Waals surface area contributed by atoms with Crippen molar-refractivity contribution in [2.75, 3.05) is 6.54 Å². The first-order valence-corrected chi connectivity index (χ1v) is 5.43. The van der Waals surface area contributed by atoms with Crippen molar-refractivity contribution < 1.29 is 13.2 Å². The number of hydrogen-bond acceptors (Lipinski definition) is 3. The van der Waals surface area contributed by atoms with E-state index in [1.165, 1.54) is 5.38 Å². The lowest BCUT2D eigenvalue weighted by atomic mass is 10.0. The van der Waals surface area contributed by atoms with Crippen molar-refractivity contribution in [1.82, 2.24) is 10.3 Å². The van der Waals surface area contributed by atoms with Crippen molar-refractivity contribution in [3.8, 4) is 0 Å². The van der Waals surface area contributed by atoms with E-state index in [1.54, 1.807) is 0 Å². The van der Waals surface area contributed by atoms with Gasteiger partial charge in [0.2, 0.25) is 0 Å². The van der Waals surface area contributed by atoms with Crippen molar-refractivity contribution in [3.05, 3.63) is 16.1 Å². The fraction of sp³-hybridized carbons (Fsp3) is 0.667. The van der Waals surface area contributed by atoms with Crippen LogP contribution in [0.2, 0.25) is 0 Å². The molecular formula is C9H13F3N2S.